The molecule has 0 aromatic heterocycles. The van der Waals surface area contributed by atoms with E-state index < -0.39 is 0 Å². The smallest absolute Gasteiger partial charge is 0.137 e. The summed E-state index contributed by atoms with van der Waals surface area (Å²) in [6.45, 7) is 2.14. The summed E-state index contributed by atoms with van der Waals surface area (Å²) >= 11 is 0. The molecular formula is C24H21FN2O. The summed E-state index contributed by atoms with van der Waals surface area (Å²) in [7, 11) is 0. The summed E-state index contributed by atoms with van der Waals surface area (Å²) in [5, 5.41) is 9.38. The van der Waals surface area contributed by atoms with Crippen LogP contribution in [0.5, 0.6) is 0 Å². The van der Waals surface area contributed by atoms with Gasteiger partial charge in [-0.05, 0) is 61.2 Å². The maximum atomic E-state index is 13.5. The fourth-order valence-corrected chi connectivity index (χ4v) is 4.16. The van der Waals surface area contributed by atoms with Crippen molar-refractivity contribution in [2.75, 3.05) is 18.0 Å². The van der Waals surface area contributed by atoms with Crippen LogP contribution in [0, 0.1) is 11.2 Å². The number of nitrogens with zero attached hydrogens (tertiary/aromatic N) is 1. The second-order valence-electron chi connectivity index (χ2n) is 7.42. The Morgan fingerprint density at radius 3 is 2.43 bits per heavy atom. The fraction of sp³-hybridized carbons (Fsp3) is 0.208. The van der Waals surface area contributed by atoms with Gasteiger partial charge in [0.2, 0.25) is 0 Å². The average Bonchev–Trinajstić information content (AvgIpc) is 2.73. The first-order valence-corrected chi connectivity index (χ1v) is 9.75. The van der Waals surface area contributed by atoms with Crippen molar-refractivity contribution in [3.8, 4) is 22.5 Å². The van der Waals surface area contributed by atoms with Gasteiger partial charge in [-0.3, -0.25) is 0 Å². The van der Waals surface area contributed by atoms with E-state index in [4.69, 9.17) is 9.83 Å². The van der Waals surface area contributed by atoms with Crippen molar-refractivity contribution in [1.82, 2.24) is 0 Å². The zero-order valence-corrected chi connectivity index (χ0v) is 15.5. The fourth-order valence-electron chi connectivity index (χ4n) is 4.16. The highest BCUT2D eigenvalue weighted by molar-refractivity contribution is 6.02. The molecule has 1 fully saturated rings. The number of fused-ring (bicyclic) bond motifs is 2. The Labute approximate surface area is 162 Å². The van der Waals surface area contributed by atoms with Gasteiger partial charge in [0.15, 0.2) is 0 Å². The predicted octanol–water partition coefficient (Wildman–Crippen LogP) is 5.81. The van der Waals surface area contributed by atoms with Crippen LogP contribution >= 0.6 is 0 Å². The number of hydrogen-bond acceptors (Lipinski definition) is 3. The molecule has 5 rings (SSSR count). The largest absolute Gasteiger partial charge is 0.456 e. The van der Waals surface area contributed by atoms with Gasteiger partial charge in [-0.15, -0.1) is 0 Å². The number of piperidine rings is 1. The Kier molecular flexibility index (Phi) is 4.12. The Balaban J connectivity index is 1.77. The first-order valence-electron chi connectivity index (χ1n) is 9.75. The highest BCUT2D eigenvalue weighted by Gasteiger charge is 2.18. The van der Waals surface area contributed by atoms with Crippen molar-refractivity contribution in [2.45, 2.75) is 19.3 Å². The van der Waals surface area contributed by atoms with Crippen LogP contribution in [0.4, 0.5) is 10.1 Å². The number of anilines is 1. The minimum Gasteiger partial charge on any atom is -0.456 e. The van der Waals surface area contributed by atoms with Crippen LogP contribution in [-0.4, -0.2) is 13.1 Å². The monoisotopic (exact) mass is 372 g/mol. The van der Waals surface area contributed by atoms with Gasteiger partial charge in [-0.25, -0.2) is 4.39 Å². The zero-order chi connectivity index (χ0) is 19.1. The SMILES string of the molecule is N=c1ccc2c(-c3ccc(F)cc3)c3ccc(N4CCCCC4)cc3oc-2c1. The Morgan fingerprint density at radius 1 is 0.857 bits per heavy atom. The molecule has 0 bridgehead atoms. The number of hydrogen-bond donors (Lipinski definition) is 1. The minimum atomic E-state index is -0.251. The van der Waals surface area contributed by atoms with Crippen molar-refractivity contribution >= 4 is 16.7 Å². The van der Waals surface area contributed by atoms with Crippen molar-refractivity contribution in [2.24, 2.45) is 0 Å². The minimum absolute atomic E-state index is 0.251. The second-order valence-corrected chi connectivity index (χ2v) is 7.42. The normalized spacial score (nSPS) is 14.7. The van der Waals surface area contributed by atoms with Gasteiger partial charge in [0.25, 0.3) is 0 Å². The van der Waals surface area contributed by atoms with Crippen LogP contribution in [-0.2, 0) is 0 Å². The molecule has 2 aliphatic heterocycles. The third-order valence-corrected chi connectivity index (χ3v) is 5.56. The summed E-state index contributed by atoms with van der Waals surface area (Å²) < 4.78 is 19.7. The van der Waals surface area contributed by atoms with Gasteiger partial charge in [0.1, 0.15) is 17.2 Å². The molecule has 1 aliphatic carbocycles. The first kappa shape index (κ1) is 17.0. The lowest BCUT2D eigenvalue weighted by Gasteiger charge is -2.29. The van der Waals surface area contributed by atoms with Crippen LogP contribution in [0.2, 0.25) is 0 Å². The first-order chi connectivity index (χ1) is 13.7. The lowest BCUT2D eigenvalue weighted by molar-refractivity contribution is 0.576. The van der Waals surface area contributed by atoms with E-state index in [0.717, 1.165) is 40.7 Å². The quantitative estimate of drug-likeness (QED) is 0.451. The summed E-state index contributed by atoms with van der Waals surface area (Å²) in [5.74, 6) is 0.425. The average molecular weight is 372 g/mol. The van der Waals surface area contributed by atoms with Crippen molar-refractivity contribution in [3.05, 3.63) is 71.8 Å². The van der Waals surface area contributed by atoms with E-state index in [9.17, 15) is 4.39 Å². The molecule has 3 nitrogen and oxygen atoms in total. The van der Waals surface area contributed by atoms with Gasteiger partial charge in [0, 0.05) is 47.4 Å². The molecule has 4 heteroatoms. The maximum Gasteiger partial charge on any atom is 0.137 e. The van der Waals surface area contributed by atoms with E-state index in [-0.39, 0.29) is 5.82 Å². The summed E-state index contributed by atoms with van der Waals surface area (Å²) in [5.41, 5.74) is 4.85. The van der Waals surface area contributed by atoms with Gasteiger partial charge in [-0.2, -0.15) is 0 Å². The molecule has 1 N–H and O–H groups in total. The van der Waals surface area contributed by atoms with E-state index in [0.29, 0.717) is 11.1 Å². The maximum absolute atomic E-state index is 13.5. The number of rotatable bonds is 2. The van der Waals surface area contributed by atoms with Gasteiger partial charge >= 0.3 is 0 Å². The Hall–Kier alpha value is -3.14. The molecule has 3 aliphatic rings. The molecule has 0 saturated carbocycles. The van der Waals surface area contributed by atoms with Crippen LogP contribution in [0.1, 0.15) is 19.3 Å². The summed E-state index contributed by atoms with van der Waals surface area (Å²) in [4.78, 5) is 2.40. The molecule has 2 aromatic carbocycles. The predicted molar refractivity (Wildman–Crippen MR) is 110 cm³/mol. The molecular weight excluding hydrogens is 351 g/mol. The van der Waals surface area contributed by atoms with E-state index in [2.05, 4.69) is 23.1 Å². The molecule has 0 radical (unpaired) electrons. The van der Waals surface area contributed by atoms with E-state index in [1.165, 1.54) is 37.1 Å². The second kappa shape index (κ2) is 6.79. The lowest BCUT2D eigenvalue weighted by Crippen LogP contribution is -2.29. The summed E-state index contributed by atoms with van der Waals surface area (Å²) in [6.07, 6.45) is 3.73. The molecule has 0 unspecified atom stereocenters. The van der Waals surface area contributed by atoms with Crippen molar-refractivity contribution in [1.29, 1.82) is 5.41 Å². The Morgan fingerprint density at radius 2 is 1.64 bits per heavy atom. The molecule has 2 aromatic rings. The summed E-state index contributed by atoms with van der Waals surface area (Å²) in [6, 6.07) is 18.4. The number of benzene rings is 3. The molecule has 28 heavy (non-hydrogen) atoms. The molecule has 0 atom stereocenters. The van der Waals surface area contributed by atoms with E-state index >= 15 is 0 Å². The van der Waals surface area contributed by atoms with Gasteiger partial charge in [0.05, 0.1) is 5.36 Å². The third kappa shape index (κ3) is 2.95. The Bertz CT molecular complexity index is 1170. The van der Waals surface area contributed by atoms with Crippen LogP contribution < -0.4 is 10.3 Å². The van der Waals surface area contributed by atoms with Crippen molar-refractivity contribution in [3.63, 3.8) is 0 Å². The lowest BCUT2D eigenvalue weighted by atomic mass is 9.93. The van der Waals surface area contributed by atoms with E-state index in [1.54, 1.807) is 24.3 Å². The highest BCUT2D eigenvalue weighted by atomic mass is 19.1. The molecule has 0 spiro atoms. The van der Waals surface area contributed by atoms with Gasteiger partial charge < -0.3 is 14.7 Å². The van der Waals surface area contributed by atoms with Crippen LogP contribution in [0.25, 0.3) is 33.4 Å². The van der Waals surface area contributed by atoms with Crippen molar-refractivity contribution < 1.29 is 8.81 Å². The molecule has 140 valence electrons. The molecule has 1 saturated heterocycles. The number of halogens is 1. The standard InChI is InChI=1S/C24H21FN2O/c25-17-6-4-16(5-7-17)24-20-10-8-18(26)14-22(20)28-23-15-19(9-11-21(23)24)27-12-2-1-3-13-27/h4-11,14-15,26H,1-3,12-13H2. The van der Waals surface area contributed by atoms with Crippen LogP contribution in [0.3, 0.4) is 0 Å². The number of nitrogens with one attached hydrogen (secondary N) is 1. The molecule has 2 heterocycles. The van der Waals surface area contributed by atoms with Crippen LogP contribution in [0.15, 0.2) is 65.1 Å². The third-order valence-electron chi connectivity index (χ3n) is 5.56. The topological polar surface area (TPSA) is 40.2 Å². The zero-order valence-electron chi connectivity index (χ0n) is 15.5. The van der Waals surface area contributed by atoms with E-state index in [1.807, 2.05) is 6.07 Å². The highest BCUT2D eigenvalue weighted by Crippen LogP contribution is 2.40. The van der Waals surface area contributed by atoms with Gasteiger partial charge in [-0.1, -0.05) is 12.1 Å². The molecule has 0 amide bonds.